The second-order valence-electron chi connectivity index (χ2n) is 5.01. The van der Waals surface area contributed by atoms with Gasteiger partial charge >= 0.3 is 0 Å². The molecule has 1 fully saturated rings. The Labute approximate surface area is 125 Å². The summed E-state index contributed by atoms with van der Waals surface area (Å²) in [7, 11) is -3.48. The van der Waals surface area contributed by atoms with Crippen LogP contribution < -0.4 is 10.5 Å². The molecule has 21 heavy (non-hydrogen) atoms. The fraction of sp³-hybridized carbons (Fsp3) is 0.571. The van der Waals surface area contributed by atoms with Crippen LogP contribution in [0.1, 0.15) is 13.3 Å². The number of hydrogen-bond acceptors (Lipinski definition) is 5. The van der Waals surface area contributed by atoms with Crippen LogP contribution in [0, 0.1) is 0 Å². The first-order valence-corrected chi connectivity index (χ1v) is 8.52. The molecular weight excluding hydrogens is 292 g/mol. The summed E-state index contributed by atoms with van der Waals surface area (Å²) >= 11 is 0. The molecular formula is C14H22N2O4S. The predicted octanol–water partition coefficient (Wildman–Crippen LogP) is 0.824. The van der Waals surface area contributed by atoms with Gasteiger partial charge in [0.2, 0.25) is 10.0 Å². The van der Waals surface area contributed by atoms with Gasteiger partial charge in [-0.2, -0.15) is 4.31 Å². The fourth-order valence-corrected chi connectivity index (χ4v) is 3.76. The summed E-state index contributed by atoms with van der Waals surface area (Å²) in [5.74, 6) is 0.618. The van der Waals surface area contributed by atoms with E-state index in [4.69, 9.17) is 15.2 Å². The van der Waals surface area contributed by atoms with Gasteiger partial charge in [-0.25, -0.2) is 8.42 Å². The molecule has 118 valence electrons. The van der Waals surface area contributed by atoms with E-state index in [1.54, 1.807) is 24.3 Å². The van der Waals surface area contributed by atoms with Crippen molar-refractivity contribution in [2.75, 3.05) is 32.8 Å². The first-order chi connectivity index (χ1) is 10.0. The largest absolute Gasteiger partial charge is 0.492 e. The summed E-state index contributed by atoms with van der Waals surface area (Å²) in [5, 5.41) is 0. The fourth-order valence-electron chi connectivity index (χ4n) is 2.21. The van der Waals surface area contributed by atoms with Crippen molar-refractivity contribution < 1.29 is 17.9 Å². The van der Waals surface area contributed by atoms with E-state index in [9.17, 15) is 8.42 Å². The molecule has 0 bridgehead atoms. The van der Waals surface area contributed by atoms with Gasteiger partial charge in [0.1, 0.15) is 12.4 Å². The molecule has 0 saturated carbocycles. The summed E-state index contributed by atoms with van der Waals surface area (Å²) in [5.41, 5.74) is 5.36. The first-order valence-electron chi connectivity index (χ1n) is 7.08. The summed E-state index contributed by atoms with van der Waals surface area (Å²) in [6.45, 7) is 4.18. The van der Waals surface area contributed by atoms with E-state index >= 15 is 0 Å². The Morgan fingerprint density at radius 1 is 1.38 bits per heavy atom. The van der Waals surface area contributed by atoms with Crippen molar-refractivity contribution in [3.05, 3.63) is 24.3 Å². The van der Waals surface area contributed by atoms with E-state index in [1.807, 2.05) is 6.92 Å². The Morgan fingerprint density at radius 3 is 2.76 bits per heavy atom. The van der Waals surface area contributed by atoms with Crippen LogP contribution in [0.25, 0.3) is 0 Å². The highest BCUT2D eigenvalue weighted by Crippen LogP contribution is 2.21. The molecule has 2 N–H and O–H groups in total. The summed E-state index contributed by atoms with van der Waals surface area (Å²) in [6.07, 6.45) is 0.621. The lowest BCUT2D eigenvalue weighted by Gasteiger charge is -2.21. The maximum atomic E-state index is 12.6. The molecule has 7 heteroatoms. The second kappa shape index (κ2) is 7.22. The lowest BCUT2D eigenvalue weighted by atomic mass is 10.3. The van der Waals surface area contributed by atoms with Crippen molar-refractivity contribution in [1.29, 1.82) is 0 Å². The number of hydrogen-bond donors (Lipinski definition) is 1. The minimum absolute atomic E-state index is 0.0885. The van der Waals surface area contributed by atoms with Crippen LogP contribution in [0.2, 0.25) is 0 Å². The van der Waals surface area contributed by atoms with E-state index in [-0.39, 0.29) is 11.0 Å². The van der Waals surface area contributed by atoms with Crippen molar-refractivity contribution in [3.8, 4) is 5.75 Å². The SMILES string of the molecule is CC1CN(S(=O)(=O)c2ccc(OCCN)cc2)CCCO1. The van der Waals surface area contributed by atoms with Crippen LogP contribution in [0.5, 0.6) is 5.75 Å². The molecule has 1 aromatic carbocycles. The number of benzene rings is 1. The molecule has 1 aliphatic heterocycles. The highest BCUT2D eigenvalue weighted by atomic mass is 32.2. The van der Waals surface area contributed by atoms with E-state index in [0.717, 1.165) is 0 Å². The molecule has 0 aliphatic carbocycles. The molecule has 1 atom stereocenters. The van der Waals surface area contributed by atoms with Gasteiger partial charge in [0, 0.05) is 26.2 Å². The molecule has 2 rings (SSSR count). The molecule has 1 aromatic rings. The van der Waals surface area contributed by atoms with Crippen LogP contribution in [0.15, 0.2) is 29.2 Å². The van der Waals surface area contributed by atoms with Crippen molar-refractivity contribution in [2.24, 2.45) is 5.73 Å². The van der Waals surface area contributed by atoms with Crippen LogP contribution in [-0.4, -0.2) is 51.7 Å². The molecule has 1 saturated heterocycles. The van der Waals surface area contributed by atoms with Crippen molar-refractivity contribution in [3.63, 3.8) is 0 Å². The average Bonchev–Trinajstić information content (AvgIpc) is 2.70. The van der Waals surface area contributed by atoms with Crippen LogP contribution in [-0.2, 0) is 14.8 Å². The van der Waals surface area contributed by atoms with E-state index in [1.165, 1.54) is 4.31 Å². The molecule has 1 heterocycles. The average molecular weight is 314 g/mol. The molecule has 0 radical (unpaired) electrons. The standard InChI is InChI=1S/C14H22N2O4S/c1-12-11-16(8-2-9-19-12)21(17,18)14-5-3-13(4-6-14)20-10-7-15/h3-6,12H,2,7-11,15H2,1H3. The molecule has 0 aromatic heterocycles. The Morgan fingerprint density at radius 2 is 2.10 bits per heavy atom. The zero-order chi connectivity index (χ0) is 15.3. The third-order valence-electron chi connectivity index (χ3n) is 3.26. The third-order valence-corrected chi connectivity index (χ3v) is 5.14. The number of nitrogens with two attached hydrogens (primary N) is 1. The van der Waals surface area contributed by atoms with Gasteiger partial charge in [-0.05, 0) is 37.6 Å². The second-order valence-corrected chi connectivity index (χ2v) is 6.94. The molecule has 6 nitrogen and oxygen atoms in total. The maximum Gasteiger partial charge on any atom is 0.243 e. The minimum atomic E-state index is -3.48. The summed E-state index contributed by atoms with van der Waals surface area (Å²) in [6, 6.07) is 6.44. The van der Waals surface area contributed by atoms with E-state index < -0.39 is 10.0 Å². The van der Waals surface area contributed by atoms with Crippen molar-refractivity contribution >= 4 is 10.0 Å². The van der Waals surface area contributed by atoms with Gasteiger partial charge in [-0.15, -0.1) is 0 Å². The number of nitrogens with zero attached hydrogens (tertiary/aromatic N) is 1. The van der Waals surface area contributed by atoms with Gasteiger partial charge in [0.25, 0.3) is 0 Å². The molecule has 1 aliphatic rings. The Hall–Kier alpha value is -1.15. The van der Waals surface area contributed by atoms with Gasteiger partial charge in [-0.1, -0.05) is 0 Å². The smallest absolute Gasteiger partial charge is 0.243 e. The molecule has 0 spiro atoms. The molecule has 0 amide bonds. The van der Waals surface area contributed by atoms with Crippen molar-refractivity contribution in [2.45, 2.75) is 24.3 Å². The van der Waals surface area contributed by atoms with Gasteiger partial charge in [0.15, 0.2) is 0 Å². The Kier molecular flexibility index (Phi) is 5.58. The summed E-state index contributed by atoms with van der Waals surface area (Å²) in [4.78, 5) is 0.275. The highest BCUT2D eigenvalue weighted by Gasteiger charge is 2.27. The molecule has 1 unspecified atom stereocenters. The Balaban J connectivity index is 2.14. The topological polar surface area (TPSA) is 81.9 Å². The zero-order valence-corrected chi connectivity index (χ0v) is 13.0. The maximum absolute atomic E-state index is 12.6. The first kappa shape index (κ1) is 16.2. The normalized spacial score (nSPS) is 21.0. The van der Waals surface area contributed by atoms with Crippen LogP contribution >= 0.6 is 0 Å². The summed E-state index contributed by atoms with van der Waals surface area (Å²) < 4.78 is 37.6. The number of rotatable bonds is 5. The Bertz CT molecular complexity index is 545. The van der Waals surface area contributed by atoms with Crippen LogP contribution in [0.4, 0.5) is 0 Å². The van der Waals surface area contributed by atoms with Crippen LogP contribution in [0.3, 0.4) is 0 Å². The quantitative estimate of drug-likeness (QED) is 0.870. The van der Waals surface area contributed by atoms with Gasteiger partial charge < -0.3 is 15.2 Å². The third kappa shape index (κ3) is 4.16. The lowest BCUT2D eigenvalue weighted by molar-refractivity contribution is 0.0752. The van der Waals surface area contributed by atoms with Gasteiger partial charge in [0.05, 0.1) is 11.0 Å². The van der Waals surface area contributed by atoms with Crippen molar-refractivity contribution in [1.82, 2.24) is 4.31 Å². The highest BCUT2D eigenvalue weighted by molar-refractivity contribution is 7.89. The predicted molar refractivity (Wildman–Crippen MR) is 79.8 cm³/mol. The number of sulfonamides is 1. The van der Waals surface area contributed by atoms with E-state index in [0.29, 0.717) is 45.0 Å². The lowest BCUT2D eigenvalue weighted by Crippen LogP contribution is -2.35. The monoisotopic (exact) mass is 314 g/mol. The minimum Gasteiger partial charge on any atom is -0.492 e. The zero-order valence-electron chi connectivity index (χ0n) is 12.2. The van der Waals surface area contributed by atoms with Gasteiger partial charge in [-0.3, -0.25) is 0 Å². The number of ether oxygens (including phenoxy) is 2. The van der Waals surface area contributed by atoms with E-state index in [2.05, 4.69) is 0 Å².